The number of ether oxygens (including phenoxy) is 2. The lowest BCUT2D eigenvalue weighted by Crippen LogP contribution is -2.22. The van der Waals surface area contributed by atoms with Gasteiger partial charge in [0.1, 0.15) is 0 Å². The number of hydrogen-bond acceptors (Lipinski definition) is 3. The Morgan fingerprint density at radius 3 is 2.05 bits per heavy atom. The molecule has 1 heterocycles. The van der Waals surface area contributed by atoms with Crippen molar-refractivity contribution in [2.45, 2.75) is 78.4 Å². The fourth-order valence-electron chi connectivity index (χ4n) is 2.45. The third-order valence-electron chi connectivity index (χ3n) is 3.49. The van der Waals surface area contributed by atoms with E-state index < -0.39 is 0 Å². The summed E-state index contributed by atoms with van der Waals surface area (Å²) < 4.78 is 11.3. The summed E-state index contributed by atoms with van der Waals surface area (Å²) in [4.78, 5) is 0. The van der Waals surface area contributed by atoms with Gasteiger partial charge in [0.25, 0.3) is 0 Å². The Balaban J connectivity index is 0.00000154. The Morgan fingerprint density at radius 1 is 0.947 bits per heavy atom. The molecule has 1 atom stereocenters. The summed E-state index contributed by atoms with van der Waals surface area (Å²) in [7, 11) is 0. The van der Waals surface area contributed by atoms with Gasteiger partial charge < -0.3 is 15.2 Å². The largest absolute Gasteiger partial charge is 0.350 e. The van der Waals surface area contributed by atoms with Crippen LogP contribution in [0, 0.1) is 5.92 Å². The molecule has 0 spiro atoms. The highest BCUT2D eigenvalue weighted by Gasteiger charge is 2.25. The molecule has 0 unspecified atom stereocenters. The molecule has 0 saturated carbocycles. The maximum Gasteiger partial charge on any atom is 0.160 e. The van der Waals surface area contributed by atoms with E-state index >= 15 is 0 Å². The van der Waals surface area contributed by atoms with Crippen LogP contribution in [0.15, 0.2) is 0 Å². The molecule has 1 saturated heterocycles. The fraction of sp³-hybridized carbons (Fsp3) is 1.00. The molecule has 0 aliphatic carbocycles. The smallest absolute Gasteiger partial charge is 0.160 e. The molecule has 3 nitrogen and oxygen atoms in total. The van der Waals surface area contributed by atoms with Crippen LogP contribution in [0.25, 0.3) is 0 Å². The van der Waals surface area contributed by atoms with Crippen molar-refractivity contribution in [3.63, 3.8) is 0 Å². The van der Waals surface area contributed by atoms with E-state index in [1.165, 1.54) is 44.9 Å². The minimum Gasteiger partial charge on any atom is -0.350 e. The predicted octanol–water partition coefficient (Wildman–Crippen LogP) is 4.10. The molecule has 0 aromatic carbocycles. The van der Waals surface area contributed by atoms with Crippen molar-refractivity contribution in [1.82, 2.24) is 0 Å². The second-order valence-electron chi connectivity index (χ2n) is 5.00. The van der Waals surface area contributed by atoms with E-state index in [0.29, 0.717) is 5.92 Å². The van der Waals surface area contributed by atoms with Crippen LogP contribution in [0.4, 0.5) is 0 Å². The Bertz CT molecular complexity index is 170. The molecule has 19 heavy (non-hydrogen) atoms. The SMILES string of the molecule is CC.CCCCCC[C@@H](CCCCN)C1OCCO1. The van der Waals surface area contributed by atoms with E-state index in [4.69, 9.17) is 15.2 Å². The molecular formula is C16H35NO2. The summed E-state index contributed by atoms with van der Waals surface area (Å²) in [6.45, 7) is 8.59. The molecule has 3 heteroatoms. The lowest BCUT2D eigenvalue weighted by Gasteiger charge is -2.22. The molecule has 1 aliphatic rings. The van der Waals surface area contributed by atoms with Crippen molar-refractivity contribution in [2.75, 3.05) is 19.8 Å². The Morgan fingerprint density at radius 2 is 1.53 bits per heavy atom. The summed E-state index contributed by atoms with van der Waals surface area (Å²) in [5, 5.41) is 0. The molecule has 0 radical (unpaired) electrons. The van der Waals surface area contributed by atoms with E-state index in [-0.39, 0.29) is 6.29 Å². The summed E-state index contributed by atoms with van der Waals surface area (Å²) in [5.74, 6) is 0.584. The zero-order valence-corrected chi connectivity index (χ0v) is 13.3. The van der Waals surface area contributed by atoms with Gasteiger partial charge in [-0.1, -0.05) is 52.9 Å². The summed E-state index contributed by atoms with van der Waals surface area (Å²) in [5.41, 5.74) is 5.55. The Labute approximate surface area is 120 Å². The molecule has 0 aromatic heterocycles. The van der Waals surface area contributed by atoms with Crippen molar-refractivity contribution >= 4 is 0 Å². The normalized spacial score (nSPS) is 17.1. The quantitative estimate of drug-likeness (QED) is 0.609. The van der Waals surface area contributed by atoms with Gasteiger partial charge in [-0.05, 0) is 25.8 Å². The van der Waals surface area contributed by atoms with Crippen LogP contribution in [0.2, 0.25) is 0 Å². The average molecular weight is 273 g/mol. The van der Waals surface area contributed by atoms with Gasteiger partial charge in [0, 0.05) is 5.92 Å². The summed E-state index contributed by atoms with van der Waals surface area (Å²) in [6, 6.07) is 0. The second-order valence-corrected chi connectivity index (χ2v) is 5.00. The van der Waals surface area contributed by atoms with Gasteiger partial charge in [0.15, 0.2) is 6.29 Å². The first kappa shape index (κ1) is 18.9. The predicted molar refractivity (Wildman–Crippen MR) is 82.2 cm³/mol. The monoisotopic (exact) mass is 273 g/mol. The first-order chi connectivity index (χ1) is 9.38. The standard InChI is InChI=1S/C14H29NO2.C2H6/c1-2-3-4-5-8-13(9-6-7-10-15)14-16-11-12-17-14;1-2/h13-14H,2-12,15H2,1H3;1-2H3/t13-;/m0./s1. The minimum atomic E-state index is 0.0643. The van der Waals surface area contributed by atoms with Gasteiger partial charge in [0.05, 0.1) is 13.2 Å². The number of hydrogen-bond donors (Lipinski definition) is 1. The van der Waals surface area contributed by atoms with Crippen molar-refractivity contribution in [3.05, 3.63) is 0 Å². The van der Waals surface area contributed by atoms with Gasteiger partial charge >= 0.3 is 0 Å². The number of rotatable bonds is 10. The highest BCUT2D eigenvalue weighted by Crippen LogP contribution is 2.25. The maximum atomic E-state index is 5.65. The van der Waals surface area contributed by atoms with Gasteiger partial charge in [-0.3, -0.25) is 0 Å². The average Bonchev–Trinajstić information content (AvgIpc) is 2.98. The first-order valence-corrected chi connectivity index (χ1v) is 8.31. The molecule has 0 aromatic rings. The molecule has 2 N–H and O–H groups in total. The molecule has 1 aliphatic heterocycles. The van der Waals surface area contributed by atoms with Crippen molar-refractivity contribution in [2.24, 2.45) is 11.7 Å². The lowest BCUT2D eigenvalue weighted by atomic mass is 9.94. The zero-order chi connectivity index (χ0) is 14.3. The van der Waals surface area contributed by atoms with Crippen LogP contribution >= 0.6 is 0 Å². The van der Waals surface area contributed by atoms with Gasteiger partial charge in [0.2, 0.25) is 0 Å². The van der Waals surface area contributed by atoms with Crippen molar-refractivity contribution in [1.29, 1.82) is 0 Å². The van der Waals surface area contributed by atoms with E-state index in [2.05, 4.69) is 6.92 Å². The highest BCUT2D eigenvalue weighted by molar-refractivity contribution is 4.67. The molecule has 116 valence electrons. The zero-order valence-electron chi connectivity index (χ0n) is 13.3. The summed E-state index contributed by atoms with van der Waals surface area (Å²) >= 11 is 0. The molecular weight excluding hydrogens is 238 g/mol. The topological polar surface area (TPSA) is 44.5 Å². The molecule has 1 fully saturated rings. The van der Waals surface area contributed by atoms with E-state index in [1.807, 2.05) is 13.8 Å². The third-order valence-corrected chi connectivity index (χ3v) is 3.49. The fourth-order valence-corrected chi connectivity index (χ4v) is 2.45. The van der Waals surface area contributed by atoms with E-state index in [9.17, 15) is 0 Å². The lowest BCUT2D eigenvalue weighted by molar-refractivity contribution is -0.0885. The van der Waals surface area contributed by atoms with Gasteiger partial charge in [-0.2, -0.15) is 0 Å². The van der Waals surface area contributed by atoms with Crippen LogP contribution in [0.5, 0.6) is 0 Å². The van der Waals surface area contributed by atoms with Gasteiger partial charge in [-0.25, -0.2) is 0 Å². The third kappa shape index (κ3) is 9.42. The van der Waals surface area contributed by atoms with Crippen molar-refractivity contribution in [3.8, 4) is 0 Å². The highest BCUT2D eigenvalue weighted by atomic mass is 16.7. The van der Waals surface area contributed by atoms with Crippen molar-refractivity contribution < 1.29 is 9.47 Å². The molecule has 1 rings (SSSR count). The minimum absolute atomic E-state index is 0.0643. The van der Waals surface area contributed by atoms with Gasteiger partial charge in [-0.15, -0.1) is 0 Å². The molecule has 0 bridgehead atoms. The first-order valence-electron chi connectivity index (χ1n) is 8.31. The van der Waals surface area contributed by atoms with Crippen LogP contribution in [0.3, 0.4) is 0 Å². The van der Waals surface area contributed by atoms with Crippen LogP contribution in [0.1, 0.15) is 72.1 Å². The molecule has 0 amide bonds. The van der Waals surface area contributed by atoms with E-state index in [0.717, 1.165) is 26.2 Å². The Hall–Kier alpha value is -0.120. The Kier molecular flexibility index (Phi) is 14.2. The summed E-state index contributed by atoms with van der Waals surface area (Å²) in [6.07, 6.45) is 10.1. The number of nitrogens with two attached hydrogens (primary N) is 1. The second kappa shape index (κ2) is 14.3. The van der Waals surface area contributed by atoms with Crippen LogP contribution in [-0.4, -0.2) is 26.0 Å². The van der Waals surface area contributed by atoms with Crippen LogP contribution in [-0.2, 0) is 9.47 Å². The number of unbranched alkanes of at least 4 members (excludes halogenated alkanes) is 4. The van der Waals surface area contributed by atoms with E-state index in [1.54, 1.807) is 0 Å². The van der Waals surface area contributed by atoms with Crippen LogP contribution < -0.4 is 5.73 Å². The maximum absolute atomic E-state index is 5.65.